The van der Waals surface area contributed by atoms with Gasteiger partial charge in [-0.05, 0) is 48.1 Å². The SMILES string of the molecule is CC(C)(C)[C@H](c1cc(-c2cc(F)ccc2F)cn1Cc1ccccc1)N(CC[C@H](N)C(=O)NCCN(C(=O)CNC(=O)CC(SC[C@H](N)C(=O)O)C(=O)O)[C@H](CCC(=O)O)C(N)=O)C(=O)CO.O=C(O)C(F)(F)F. The largest absolute Gasteiger partial charge is 0.490 e. The molecule has 28 heteroatoms. The molecule has 5 atom stereocenters. The number of aliphatic hydroxyl groups excluding tert-OH is 1. The number of halogens is 5. The number of primary amides is 1. The van der Waals surface area contributed by atoms with Gasteiger partial charge in [0.1, 0.15) is 35.6 Å². The summed E-state index contributed by atoms with van der Waals surface area (Å²) in [5.41, 5.74) is 18.2. The molecule has 0 aliphatic rings. The molecule has 2 aromatic carbocycles. The van der Waals surface area contributed by atoms with E-state index < -0.39 is 145 Å². The number of aliphatic hydroxyl groups is 1. The number of nitrogens with two attached hydrogens (primary N) is 3. The van der Waals surface area contributed by atoms with Gasteiger partial charge >= 0.3 is 30.1 Å². The molecule has 0 saturated carbocycles. The molecule has 0 aliphatic heterocycles. The maximum absolute atomic E-state index is 15.1. The van der Waals surface area contributed by atoms with E-state index >= 15 is 4.39 Å². The number of aliphatic carboxylic acids is 4. The fraction of sp³-hybridized carbons (Fsp3) is 0.457. The van der Waals surface area contributed by atoms with Crippen LogP contribution in [0.1, 0.15) is 63.8 Å². The van der Waals surface area contributed by atoms with Gasteiger partial charge in [0.2, 0.25) is 29.5 Å². The van der Waals surface area contributed by atoms with Crippen molar-refractivity contribution in [3.8, 4) is 11.1 Å². The number of carboxylic acid groups (broad SMARTS) is 4. The highest BCUT2D eigenvalue weighted by atomic mass is 32.2. The number of nitrogens with zero attached hydrogens (tertiary/aromatic N) is 3. The zero-order chi connectivity index (χ0) is 56.2. The van der Waals surface area contributed by atoms with Gasteiger partial charge in [-0.25, -0.2) is 13.6 Å². The Hall–Kier alpha value is -7.17. The van der Waals surface area contributed by atoms with Crippen molar-refractivity contribution in [2.45, 2.75) is 88.6 Å². The number of alkyl halides is 3. The Morgan fingerprint density at radius 3 is 1.95 bits per heavy atom. The van der Waals surface area contributed by atoms with Gasteiger partial charge in [0.05, 0.1) is 18.6 Å². The van der Waals surface area contributed by atoms with Crippen LogP contribution in [0, 0.1) is 17.0 Å². The summed E-state index contributed by atoms with van der Waals surface area (Å²) in [6.07, 6.45) is -5.36. The molecule has 408 valence electrons. The van der Waals surface area contributed by atoms with Crippen LogP contribution in [0.4, 0.5) is 22.0 Å². The van der Waals surface area contributed by atoms with Crippen LogP contribution in [0.25, 0.3) is 11.1 Å². The zero-order valence-corrected chi connectivity index (χ0v) is 41.0. The van der Waals surface area contributed by atoms with Crippen molar-refractivity contribution in [3.05, 3.63) is 83.7 Å². The van der Waals surface area contributed by atoms with Gasteiger partial charge < -0.3 is 67.7 Å². The first-order chi connectivity index (χ1) is 34.4. The lowest BCUT2D eigenvalue weighted by Gasteiger charge is -2.41. The molecule has 22 nitrogen and oxygen atoms in total. The summed E-state index contributed by atoms with van der Waals surface area (Å²) in [6, 6.07) is 8.86. The van der Waals surface area contributed by atoms with Gasteiger partial charge in [-0.1, -0.05) is 51.1 Å². The number of hydrogen-bond donors (Lipinski definition) is 10. The van der Waals surface area contributed by atoms with E-state index in [2.05, 4.69) is 10.6 Å². The number of hydrogen-bond acceptors (Lipinski definition) is 13. The minimum atomic E-state index is -5.08. The molecule has 3 aromatic rings. The van der Waals surface area contributed by atoms with Crippen molar-refractivity contribution in [3.63, 3.8) is 0 Å². The van der Waals surface area contributed by atoms with E-state index in [1.54, 1.807) is 16.8 Å². The molecular weight excluding hydrogens is 1020 g/mol. The van der Waals surface area contributed by atoms with Gasteiger partial charge in [-0.2, -0.15) is 13.2 Å². The third kappa shape index (κ3) is 20.4. The Bertz CT molecular complexity index is 2460. The van der Waals surface area contributed by atoms with Gasteiger partial charge in [0.15, 0.2) is 0 Å². The van der Waals surface area contributed by atoms with Crippen molar-refractivity contribution in [2.24, 2.45) is 22.6 Å². The van der Waals surface area contributed by atoms with Gasteiger partial charge in [-0.15, -0.1) is 11.8 Å². The van der Waals surface area contributed by atoms with Crippen LogP contribution in [0.3, 0.4) is 0 Å². The number of amides is 5. The highest BCUT2D eigenvalue weighted by Crippen LogP contribution is 2.41. The third-order valence-electron chi connectivity index (χ3n) is 10.7. The summed E-state index contributed by atoms with van der Waals surface area (Å²) in [5.74, 6) is -13.1. The summed E-state index contributed by atoms with van der Waals surface area (Å²) >= 11 is 0.597. The fourth-order valence-electron chi connectivity index (χ4n) is 7.13. The van der Waals surface area contributed by atoms with E-state index in [9.17, 15) is 71.2 Å². The number of benzene rings is 2. The maximum Gasteiger partial charge on any atom is 0.490 e. The lowest BCUT2D eigenvalue weighted by molar-refractivity contribution is -0.192. The highest BCUT2D eigenvalue weighted by molar-refractivity contribution is 8.00. The lowest BCUT2D eigenvalue weighted by Crippen LogP contribution is -2.54. The summed E-state index contributed by atoms with van der Waals surface area (Å²) in [6.45, 7) is 3.03. The molecule has 0 aliphatic carbocycles. The molecular formula is C46H59F5N8O14S. The second kappa shape index (κ2) is 28.9. The van der Waals surface area contributed by atoms with Crippen molar-refractivity contribution in [1.82, 2.24) is 25.0 Å². The minimum Gasteiger partial charge on any atom is -0.481 e. The van der Waals surface area contributed by atoms with Crippen LogP contribution < -0.4 is 27.8 Å². The molecule has 13 N–H and O–H groups in total. The number of thioether (sulfide) groups is 1. The molecule has 1 heterocycles. The molecule has 1 unspecified atom stereocenters. The van der Waals surface area contributed by atoms with E-state index in [1.165, 1.54) is 4.90 Å². The van der Waals surface area contributed by atoms with Gasteiger partial charge in [0.25, 0.3) is 0 Å². The molecule has 5 amide bonds. The average Bonchev–Trinajstić information content (AvgIpc) is 3.71. The summed E-state index contributed by atoms with van der Waals surface area (Å²) in [7, 11) is 0. The summed E-state index contributed by atoms with van der Waals surface area (Å²) < 4.78 is 63.1. The van der Waals surface area contributed by atoms with Gasteiger partial charge in [-0.3, -0.25) is 38.4 Å². The summed E-state index contributed by atoms with van der Waals surface area (Å²) in [4.78, 5) is 111. The second-order valence-corrected chi connectivity index (χ2v) is 18.7. The van der Waals surface area contributed by atoms with E-state index in [4.69, 9.17) is 32.2 Å². The van der Waals surface area contributed by atoms with E-state index in [0.29, 0.717) is 23.0 Å². The Kier molecular flexibility index (Phi) is 24.6. The van der Waals surface area contributed by atoms with Crippen LogP contribution in [-0.2, 0) is 49.7 Å². The third-order valence-corrected chi connectivity index (χ3v) is 12.0. The highest BCUT2D eigenvalue weighted by Gasteiger charge is 2.39. The smallest absolute Gasteiger partial charge is 0.481 e. The van der Waals surface area contributed by atoms with Crippen molar-refractivity contribution in [1.29, 1.82) is 0 Å². The Morgan fingerprint density at radius 1 is 0.797 bits per heavy atom. The summed E-state index contributed by atoms with van der Waals surface area (Å²) in [5, 5.41) is 48.4. The number of rotatable bonds is 27. The normalized spacial score (nSPS) is 13.4. The van der Waals surface area contributed by atoms with Crippen molar-refractivity contribution < 1.29 is 90.6 Å². The molecule has 0 saturated heterocycles. The lowest BCUT2D eigenvalue weighted by atomic mass is 9.82. The Morgan fingerprint density at radius 2 is 1.42 bits per heavy atom. The molecule has 3 rings (SSSR count). The zero-order valence-electron chi connectivity index (χ0n) is 40.2. The molecule has 1 aromatic heterocycles. The van der Waals surface area contributed by atoms with E-state index in [-0.39, 0.29) is 37.4 Å². The van der Waals surface area contributed by atoms with Crippen molar-refractivity contribution >= 4 is 65.2 Å². The van der Waals surface area contributed by atoms with E-state index in [0.717, 1.165) is 28.7 Å². The molecule has 74 heavy (non-hydrogen) atoms. The average molecular weight is 1080 g/mol. The standard InChI is InChI=1S/C44H58F2N8O12S.C2HF3O2/c1-44(2,3)39(33-17-26(28-18-27(45)9-10-29(28)46)22-52(33)21-25-7-5-4-6-8-25)54(37(58)23-55)15-13-30(47)41(62)50-14-16-53(32(40(49)61)11-12-38(59)60)36(57)20-51-35(56)19-34(43(65)66)67-24-31(48)42(63)64;3-2(4,5)1(6)7/h4-10,17-18,22,30-32,34,39,55H,11-16,19-21,23-24,47-48H2,1-3H3,(H2,49,61)(H,50,62)(H,51,56)(H,59,60)(H,63,64)(H,65,66);(H,6,7)/t30-,31-,32+,34?,39-;/m0./s1. The quantitative estimate of drug-likeness (QED) is 0.0484. The topological polar surface area (TPSA) is 368 Å². The number of carboxylic acids is 4. The first kappa shape index (κ1) is 62.9. The Balaban J connectivity index is 0.00000249. The molecule has 0 bridgehead atoms. The maximum atomic E-state index is 15.1. The predicted molar refractivity (Wildman–Crippen MR) is 254 cm³/mol. The number of aromatic nitrogens is 1. The second-order valence-electron chi connectivity index (χ2n) is 17.4. The van der Waals surface area contributed by atoms with Crippen LogP contribution in [-0.4, -0.2) is 161 Å². The minimum absolute atomic E-state index is 0.0192. The molecule has 0 fully saturated rings. The fourth-order valence-corrected chi connectivity index (χ4v) is 8.13. The van der Waals surface area contributed by atoms with E-state index in [1.807, 2.05) is 51.1 Å². The first-order valence-corrected chi connectivity index (χ1v) is 23.3. The monoisotopic (exact) mass is 1070 g/mol. The number of carbonyl (C=O) groups is 9. The van der Waals surface area contributed by atoms with Gasteiger partial charge in [0, 0.05) is 67.8 Å². The van der Waals surface area contributed by atoms with Crippen LogP contribution >= 0.6 is 11.8 Å². The van der Waals surface area contributed by atoms with Crippen molar-refractivity contribution in [2.75, 3.05) is 38.5 Å². The molecule has 0 radical (unpaired) electrons. The number of nitrogens with one attached hydrogen (secondary N) is 2. The number of carbonyl (C=O) groups excluding carboxylic acids is 5. The van der Waals surface area contributed by atoms with Crippen LogP contribution in [0.15, 0.2) is 60.8 Å². The molecule has 0 spiro atoms. The van der Waals surface area contributed by atoms with Crippen LogP contribution in [0.2, 0.25) is 0 Å². The first-order valence-electron chi connectivity index (χ1n) is 22.2. The van der Waals surface area contributed by atoms with Crippen LogP contribution in [0.5, 0.6) is 0 Å². The Labute approximate surface area is 424 Å². The predicted octanol–water partition coefficient (Wildman–Crippen LogP) is 1.51.